The molecular formula is C12H12N4O3. The lowest BCUT2D eigenvalue weighted by molar-refractivity contribution is 0.0690. The Hall–Kier alpha value is -2.70. The van der Waals surface area contributed by atoms with Crippen molar-refractivity contribution in [3.8, 4) is 0 Å². The van der Waals surface area contributed by atoms with Crippen LogP contribution in [0.1, 0.15) is 32.1 Å². The highest BCUT2D eigenvalue weighted by atomic mass is 16.4. The number of hydrogen-bond acceptors (Lipinski definition) is 4. The van der Waals surface area contributed by atoms with Crippen LogP contribution in [0.2, 0.25) is 0 Å². The first-order valence-corrected chi connectivity index (χ1v) is 5.52. The molecule has 0 radical (unpaired) electrons. The summed E-state index contributed by atoms with van der Waals surface area (Å²) in [6, 6.07) is 3.24. The standard InChI is InChI=1S/C12H12N4O3/c1-6-9(7(2)14-10(6)12(18)19)11(17)15-8-4-3-5-13-16-8/h3-5,14H,1-2H3,(H,18,19)(H,15,16,17). The maximum Gasteiger partial charge on any atom is 0.352 e. The third-order valence-electron chi connectivity index (χ3n) is 2.69. The first-order chi connectivity index (χ1) is 9.00. The summed E-state index contributed by atoms with van der Waals surface area (Å²) in [5, 5.41) is 18.9. The summed E-state index contributed by atoms with van der Waals surface area (Å²) in [5.41, 5.74) is 1.22. The Kier molecular flexibility index (Phi) is 3.28. The highest BCUT2D eigenvalue weighted by Gasteiger charge is 2.21. The van der Waals surface area contributed by atoms with Crippen molar-refractivity contribution in [2.24, 2.45) is 0 Å². The molecule has 2 rings (SSSR count). The lowest BCUT2D eigenvalue weighted by atomic mass is 10.1. The normalized spacial score (nSPS) is 10.2. The van der Waals surface area contributed by atoms with E-state index in [0.29, 0.717) is 22.6 Å². The van der Waals surface area contributed by atoms with Crippen LogP contribution in [0, 0.1) is 13.8 Å². The number of rotatable bonds is 3. The zero-order valence-electron chi connectivity index (χ0n) is 10.4. The average Bonchev–Trinajstić information content (AvgIpc) is 2.66. The molecule has 0 aromatic carbocycles. The number of carbonyl (C=O) groups excluding carboxylic acids is 1. The van der Waals surface area contributed by atoms with Crippen LogP contribution in [0.4, 0.5) is 5.82 Å². The summed E-state index contributed by atoms with van der Waals surface area (Å²) in [7, 11) is 0. The number of aryl methyl sites for hydroxylation is 1. The molecule has 0 spiro atoms. The zero-order chi connectivity index (χ0) is 14.0. The predicted octanol–water partition coefficient (Wildman–Crippen LogP) is 1.37. The molecular weight excluding hydrogens is 248 g/mol. The summed E-state index contributed by atoms with van der Waals surface area (Å²) < 4.78 is 0. The molecule has 0 aliphatic heterocycles. The Morgan fingerprint density at radius 1 is 1.37 bits per heavy atom. The van der Waals surface area contributed by atoms with Crippen LogP contribution >= 0.6 is 0 Å². The van der Waals surface area contributed by atoms with Crippen LogP contribution in [0.25, 0.3) is 0 Å². The van der Waals surface area contributed by atoms with Gasteiger partial charge < -0.3 is 15.4 Å². The molecule has 2 aromatic rings. The van der Waals surface area contributed by atoms with E-state index in [1.165, 1.54) is 6.20 Å². The van der Waals surface area contributed by atoms with Gasteiger partial charge in [-0.1, -0.05) is 0 Å². The van der Waals surface area contributed by atoms with Gasteiger partial charge in [-0.15, -0.1) is 5.10 Å². The Balaban J connectivity index is 2.32. The third kappa shape index (κ3) is 2.44. The van der Waals surface area contributed by atoms with Gasteiger partial charge in [0, 0.05) is 11.9 Å². The van der Waals surface area contributed by atoms with Gasteiger partial charge in [0.05, 0.1) is 5.56 Å². The Bertz CT molecular complexity index is 634. The Morgan fingerprint density at radius 2 is 2.11 bits per heavy atom. The topological polar surface area (TPSA) is 108 Å². The molecule has 98 valence electrons. The Labute approximate surface area is 108 Å². The molecule has 0 fully saturated rings. The molecule has 0 aliphatic rings. The van der Waals surface area contributed by atoms with Crippen LogP contribution in [-0.2, 0) is 0 Å². The molecule has 3 N–H and O–H groups in total. The summed E-state index contributed by atoms with van der Waals surface area (Å²) >= 11 is 0. The van der Waals surface area contributed by atoms with Crippen LogP contribution in [0.15, 0.2) is 18.3 Å². The maximum absolute atomic E-state index is 12.1. The number of amides is 1. The number of carbonyl (C=O) groups is 2. The lowest BCUT2D eigenvalue weighted by Gasteiger charge is -2.04. The average molecular weight is 260 g/mol. The molecule has 7 heteroatoms. The second-order valence-corrected chi connectivity index (χ2v) is 3.99. The van der Waals surface area contributed by atoms with Crippen LogP contribution in [0.3, 0.4) is 0 Å². The number of nitrogens with zero attached hydrogens (tertiary/aromatic N) is 2. The van der Waals surface area contributed by atoms with Crippen LogP contribution in [-0.4, -0.2) is 32.2 Å². The van der Waals surface area contributed by atoms with Gasteiger partial charge in [-0.05, 0) is 31.5 Å². The molecule has 19 heavy (non-hydrogen) atoms. The number of anilines is 1. The van der Waals surface area contributed by atoms with Crippen molar-refractivity contribution in [1.82, 2.24) is 15.2 Å². The van der Waals surface area contributed by atoms with Crippen molar-refractivity contribution >= 4 is 17.7 Å². The highest BCUT2D eigenvalue weighted by molar-refractivity contribution is 6.07. The number of aromatic carboxylic acids is 1. The summed E-state index contributed by atoms with van der Waals surface area (Å²) in [6.07, 6.45) is 1.49. The van der Waals surface area contributed by atoms with Crippen molar-refractivity contribution in [3.05, 3.63) is 40.8 Å². The maximum atomic E-state index is 12.1. The van der Waals surface area contributed by atoms with Crippen molar-refractivity contribution in [2.75, 3.05) is 5.32 Å². The SMILES string of the molecule is Cc1[nH]c(C(=O)O)c(C)c1C(=O)Nc1cccnn1. The first-order valence-electron chi connectivity index (χ1n) is 5.52. The molecule has 7 nitrogen and oxygen atoms in total. The van der Waals surface area contributed by atoms with E-state index in [4.69, 9.17) is 5.11 Å². The molecule has 2 aromatic heterocycles. The molecule has 0 saturated carbocycles. The minimum Gasteiger partial charge on any atom is -0.477 e. The first kappa shape index (κ1) is 12.7. The molecule has 1 amide bonds. The fourth-order valence-corrected chi connectivity index (χ4v) is 1.85. The van der Waals surface area contributed by atoms with Crippen molar-refractivity contribution in [2.45, 2.75) is 13.8 Å². The summed E-state index contributed by atoms with van der Waals surface area (Å²) in [4.78, 5) is 25.8. The number of nitrogens with one attached hydrogen (secondary N) is 2. The fraction of sp³-hybridized carbons (Fsp3) is 0.167. The lowest BCUT2D eigenvalue weighted by Crippen LogP contribution is -2.15. The number of H-pyrrole nitrogens is 1. The van der Waals surface area contributed by atoms with Gasteiger partial charge >= 0.3 is 5.97 Å². The smallest absolute Gasteiger partial charge is 0.352 e. The van der Waals surface area contributed by atoms with Crippen LogP contribution < -0.4 is 5.32 Å². The monoisotopic (exact) mass is 260 g/mol. The molecule has 0 unspecified atom stereocenters. The van der Waals surface area contributed by atoms with E-state index in [2.05, 4.69) is 20.5 Å². The van der Waals surface area contributed by atoms with Crippen molar-refractivity contribution in [1.29, 1.82) is 0 Å². The molecule has 0 atom stereocenters. The minimum atomic E-state index is -1.10. The van der Waals surface area contributed by atoms with Gasteiger partial charge in [0.25, 0.3) is 5.91 Å². The van der Waals surface area contributed by atoms with E-state index < -0.39 is 11.9 Å². The number of aromatic nitrogens is 3. The van der Waals surface area contributed by atoms with E-state index >= 15 is 0 Å². The number of aromatic amines is 1. The molecule has 0 aliphatic carbocycles. The van der Waals surface area contributed by atoms with E-state index in [1.807, 2.05) is 0 Å². The fourth-order valence-electron chi connectivity index (χ4n) is 1.85. The minimum absolute atomic E-state index is 0.0156. The quantitative estimate of drug-likeness (QED) is 0.772. The molecule has 0 bridgehead atoms. The zero-order valence-corrected chi connectivity index (χ0v) is 10.4. The third-order valence-corrected chi connectivity index (χ3v) is 2.69. The van der Waals surface area contributed by atoms with Gasteiger partial charge in [-0.2, -0.15) is 5.10 Å². The Morgan fingerprint density at radius 3 is 2.63 bits per heavy atom. The molecule has 2 heterocycles. The van der Waals surface area contributed by atoms with E-state index in [9.17, 15) is 9.59 Å². The second kappa shape index (κ2) is 4.89. The number of carboxylic acid groups (broad SMARTS) is 1. The highest BCUT2D eigenvalue weighted by Crippen LogP contribution is 2.19. The van der Waals surface area contributed by atoms with E-state index in [0.717, 1.165) is 0 Å². The molecule has 0 saturated heterocycles. The summed E-state index contributed by atoms with van der Waals surface area (Å²) in [6.45, 7) is 3.23. The largest absolute Gasteiger partial charge is 0.477 e. The van der Waals surface area contributed by atoms with E-state index in [1.54, 1.807) is 26.0 Å². The van der Waals surface area contributed by atoms with Crippen molar-refractivity contribution in [3.63, 3.8) is 0 Å². The second-order valence-electron chi connectivity index (χ2n) is 3.99. The number of hydrogen-bond donors (Lipinski definition) is 3. The van der Waals surface area contributed by atoms with Gasteiger partial charge in [0.2, 0.25) is 0 Å². The van der Waals surface area contributed by atoms with Crippen LogP contribution in [0.5, 0.6) is 0 Å². The van der Waals surface area contributed by atoms with Gasteiger partial charge in [-0.25, -0.2) is 4.79 Å². The number of carboxylic acids is 1. The van der Waals surface area contributed by atoms with Gasteiger partial charge in [0.1, 0.15) is 5.69 Å². The predicted molar refractivity (Wildman–Crippen MR) is 67.2 cm³/mol. The van der Waals surface area contributed by atoms with Gasteiger partial charge in [-0.3, -0.25) is 4.79 Å². The van der Waals surface area contributed by atoms with Crippen molar-refractivity contribution < 1.29 is 14.7 Å². The van der Waals surface area contributed by atoms with E-state index in [-0.39, 0.29) is 5.69 Å². The summed E-state index contributed by atoms with van der Waals surface area (Å²) in [5.74, 6) is -1.21. The van der Waals surface area contributed by atoms with Gasteiger partial charge in [0.15, 0.2) is 5.82 Å².